The highest BCUT2D eigenvalue weighted by Gasteiger charge is 2.74. The van der Waals surface area contributed by atoms with E-state index in [4.69, 9.17) is 19.2 Å². The second kappa shape index (κ2) is 7.88. The van der Waals surface area contributed by atoms with Gasteiger partial charge in [-0.3, -0.25) is 0 Å². The van der Waals surface area contributed by atoms with E-state index in [1.807, 2.05) is 18.2 Å². The molecule has 5 rings (SSSR count). The number of hydrogen-bond acceptors (Lipinski definition) is 4. The molecular formula is C28H29NO3. The molecule has 4 nitrogen and oxygen atoms in total. The van der Waals surface area contributed by atoms with Crippen LogP contribution < -0.4 is 0 Å². The van der Waals surface area contributed by atoms with Crippen LogP contribution in [0.1, 0.15) is 40.8 Å². The predicted octanol–water partition coefficient (Wildman–Crippen LogP) is 5.52. The molecule has 0 bridgehead atoms. The summed E-state index contributed by atoms with van der Waals surface area (Å²) in [5.41, 5.74) is 4.39. The summed E-state index contributed by atoms with van der Waals surface area (Å²) in [6.45, 7) is 6.77. The predicted molar refractivity (Wildman–Crippen MR) is 126 cm³/mol. The normalized spacial score (nSPS) is 25.8. The molecule has 164 valence electrons. The quantitative estimate of drug-likeness (QED) is 0.487. The number of aliphatic imine (C=N–C) groups is 1. The molecule has 3 aromatic carbocycles. The van der Waals surface area contributed by atoms with Crippen molar-refractivity contribution in [3.05, 3.63) is 107 Å². The topological polar surface area (TPSA) is 43.3 Å². The van der Waals surface area contributed by atoms with Gasteiger partial charge in [0, 0.05) is 7.11 Å². The zero-order chi connectivity index (χ0) is 22.3. The van der Waals surface area contributed by atoms with Crippen molar-refractivity contribution in [3.8, 4) is 0 Å². The maximum Gasteiger partial charge on any atom is 0.221 e. The van der Waals surface area contributed by atoms with Crippen molar-refractivity contribution in [1.29, 1.82) is 0 Å². The second-order valence-electron chi connectivity index (χ2n) is 8.95. The van der Waals surface area contributed by atoms with Gasteiger partial charge in [-0.25, -0.2) is 4.99 Å². The van der Waals surface area contributed by atoms with Crippen LogP contribution in [0.3, 0.4) is 0 Å². The van der Waals surface area contributed by atoms with Crippen molar-refractivity contribution in [1.82, 2.24) is 0 Å². The summed E-state index contributed by atoms with van der Waals surface area (Å²) in [4.78, 5) is 5.00. The fraction of sp³-hybridized carbons (Fsp3) is 0.321. The Bertz CT molecular complexity index is 1080. The number of rotatable bonds is 6. The van der Waals surface area contributed by atoms with Gasteiger partial charge in [-0.2, -0.15) is 0 Å². The molecule has 0 unspecified atom stereocenters. The highest BCUT2D eigenvalue weighted by atomic mass is 16.7. The van der Waals surface area contributed by atoms with Crippen molar-refractivity contribution in [2.24, 2.45) is 4.99 Å². The van der Waals surface area contributed by atoms with Gasteiger partial charge in [0.1, 0.15) is 12.1 Å². The van der Waals surface area contributed by atoms with Crippen LogP contribution in [-0.4, -0.2) is 31.3 Å². The van der Waals surface area contributed by atoms with Crippen molar-refractivity contribution < 1.29 is 14.2 Å². The zero-order valence-electron chi connectivity index (χ0n) is 19.0. The lowest BCUT2D eigenvalue weighted by atomic mass is 9.81. The minimum atomic E-state index is -0.701. The lowest BCUT2D eigenvalue weighted by Crippen LogP contribution is -2.31. The summed E-state index contributed by atoms with van der Waals surface area (Å²) < 4.78 is 18.7. The Hall–Kier alpha value is -2.95. The first-order valence-electron chi connectivity index (χ1n) is 11.1. The molecule has 3 atom stereocenters. The third-order valence-corrected chi connectivity index (χ3v) is 6.65. The first-order valence-corrected chi connectivity index (χ1v) is 11.1. The molecule has 0 saturated carbocycles. The van der Waals surface area contributed by atoms with Gasteiger partial charge in [0.15, 0.2) is 11.2 Å². The molecule has 0 aromatic heterocycles. The lowest BCUT2D eigenvalue weighted by molar-refractivity contribution is 0.115. The Balaban J connectivity index is 1.56. The standard InChI is InChI=1S/C28H29NO3/c1-19-10-14-22(15-11-19)28(23-16-12-20(2)13-17-23)27(3,32-28)26-29-24(18-30-4)25(31-26)21-8-6-5-7-9-21/h5-17,24-25H,18H2,1-4H3/t24-,25-,27+/m0/s1. The number of hydrogen-bond donors (Lipinski definition) is 0. The number of aryl methyl sites for hydroxylation is 2. The van der Waals surface area contributed by atoms with E-state index in [0.717, 1.165) is 16.7 Å². The van der Waals surface area contributed by atoms with E-state index in [0.29, 0.717) is 12.5 Å². The van der Waals surface area contributed by atoms with Crippen molar-refractivity contribution >= 4 is 5.90 Å². The summed E-state index contributed by atoms with van der Waals surface area (Å²) in [7, 11) is 1.70. The summed E-state index contributed by atoms with van der Waals surface area (Å²) in [6, 6.07) is 27.2. The fourth-order valence-electron chi connectivity index (χ4n) is 4.80. The van der Waals surface area contributed by atoms with Crippen molar-refractivity contribution in [2.45, 2.75) is 44.1 Å². The van der Waals surface area contributed by atoms with E-state index in [1.165, 1.54) is 11.1 Å². The monoisotopic (exact) mass is 427 g/mol. The Labute approximate surface area is 189 Å². The van der Waals surface area contributed by atoms with Crippen LogP contribution in [0, 0.1) is 13.8 Å². The lowest BCUT2D eigenvalue weighted by Gasteiger charge is -2.21. The fourth-order valence-corrected chi connectivity index (χ4v) is 4.80. The molecule has 2 aliphatic heterocycles. The number of benzene rings is 3. The van der Waals surface area contributed by atoms with E-state index in [1.54, 1.807) is 7.11 Å². The first-order chi connectivity index (χ1) is 15.5. The van der Waals surface area contributed by atoms with Crippen LogP contribution in [-0.2, 0) is 19.8 Å². The molecule has 1 saturated heterocycles. The number of nitrogens with zero attached hydrogens (tertiary/aromatic N) is 1. The second-order valence-corrected chi connectivity index (χ2v) is 8.95. The van der Waals surface area contributed by atoms with Crippen molar-refractivity contribution in [3.63, 3.8) is 0 Å². The summed E-state index contributed by atoms with van der Waals surface area (Å²) in [5, 5.41) is 0. The minimum absolute atomic E-state index is 0.118. The summed E-state index contributed by atoms with van der Waals surface area (Å²) in [5.74, 6) is 0.634. The third kappa shape index (κ3) is 3.26. The Morgan fingerprint density at radius 3 is 1.94 bits per heavy atom. The molecule has 0 spiro atoms. The van der Waals surface area contributed by atoms with E-state index < -0.39 is 11.2 Å². The molecule has 4 heteroatoms. The number of ether oxygens (including phenoxy) is 3. The average molecular weight is 428 g/mol. The molecule has 0 amide bonds. The van der Waals surface area contributed by atoms with Crippen LogP contribution in [0.5, 0.6) is 0 Å². The Morgan fingerprint density at radius 2 is 1.41 bits per heavy atom. The van der Waals surface area contributed by atoms with Gasteiger partial charge >= 0.3 is 0 Å². The summed E-state index contributed by atoms with van der Waals surface area (Å²) in [6.07, 6.45) is -0.194. The largest absolute Gasteiger partial charge is 0.468 e. The molecule has 2 heterocycles. The molecule has 2 aliphatic rings. The van der Waals surface area contributed by atoms with Gasteiger partial charge in [-0.05, 0) is 37.5 Å². The molecular weight excluding hydrogens is 398 g/mol. The van der Waals surface area contributed by atoms with E-state index in [2.05, 4.69) is 81.4 Å². The smallest absolute Gasteiger partial charge is 0.221 e. The van der Waals surface area contributed by atoms with Crippen LogP contribution in [0.25, 0.3) is 0 Å². The first kappa shape index (κ1) is 20.9. The van der Waals surface area contributed by atoms with Gasteiger partial charge in [-0.1, -0.05) is 90.0 Å². The van der Waals surface area contributed by atoms with Gasteiger partial charge < -0.3 is 14.2 Å². The summed E-state index contributed by atoms with van der Waals surface area (Å²) >= 11 is 0. The number of methoxy groups -OCH3 is 1. The molecule has 32 heavy (non-hydrogen) atoms. The highest BCUT2D eigenvalue weighted by Crippen LogP contribution is 2.62. The molecule has 0 radical (unpaired) electrons. The molecule has 0 aliphatic carbocycles. The van der Waals surface area contributed by atoms with Gasteiger partial charge in [-0.15, -0.1) is 0 Å². The third-order valence-electron chi connectivity index (χ3n) is 6.65. The van der Waals surface area contributed by atoms with E-state index >= 15 is 0 Å². The van der Waals surface area contributed by atoms with Gasteiger partial charge in [0.25, 0.3) is 0 Å². The SMILES string of the molecule is COC[C@@H]1N=C([C@@]2(C)OC2(c2ccc(C)cc2)c2ccc(C)cc2)O[C@H]1c1ccccc1. The Morgan fingerprint density at radius 1 is 0.844 bits per heavy atom. The van der Waals surface area contributed by atoms with E-state index in [9.17, 15) is 0 Å². The minimum Gasteiger partial charge on any atom is -0.468 e. The molecule has 0 N–H and O–H groups in total. The van der Waals surface area contributed by atoms with Crippen LogP contribution >= 0.6 is 0 Å². The Kier molecular flexibility index (Phi) is 5.15. The zero-order valence-corrected chi connectivity index (χ0v) is 19.0. The number of epoxide rings is 1. The maximum atomic E-state index is 6.64. The highest BCUT2D eigenvalue weighted by molar-refractivity contribution is 5.92. The van der Waals surface area contributed by atoms with Crippen LogP contribution in [0.15, 0.2) is 83.9 Å². The van der Waals surface area contributed by atoms with Crippen LogP contribution in [0.2, 0.25) is 0 Å². The average Bonchev–Trinajstić information content (AvgIpc) is 3.23. The maximum absolute atomic E-state index is 6.64. The van der Waals surface area contributed by atoms with E-state index in [-0.39, 0.29) is 12.1 Å². The molecule has 3 aromatic rings. The van der Waals surface area contributed by atoms with Crippen molar-refractivity contribution in [2.75, 3.05) is 13.7 Å². The molecule has 1 fully saturated rings. The van der Waals surface area contributed by atoms with Gasteiger partial charge in [0.2, 0.25) is 5.90 Å². The van der Waals surface area contributed by atoms with Crippen LogP contribution in [0.4, 0.5) is 0 Å². The van der Waals surface area contributed by atoms with Gasteiger partial charge in [0.05, 0.1) is 6.61 Å².